The summed E-state index contributed by atoms with van der Waals surface area (Å²) in [6, 6.07) is -0.507. The number of imide groups is 1. The van der Waals surface area contributed by atoms with Crippen LogP contribution in [0.15, 0.2) is 11.8 Å². The molecular formula is C11H15N2O5P+2. The van der Waals surface area contributed by atoms with Gasteiger partial charge in [0.25, 0.3) is 0 Å². The molecule has 2 aliphatic heterocycles. The Morgan fingerprint density at radius 3 is 3.00 bits per heavy atom. The molecule has 0 aromatic heterocycles. The van der Waals surface area contributed by atoms with E-state index in [9.17, 15) is 14.2 Å². The minimum Gasteiger partial charge on any atom is -0.333 e. The van der Waals surface area contributed by atoms with Crippen molar-refractivity contribution in [3.63, 3.8) is 0 Å². The largest absolute Gasteiger partial charge is 0.507 e. The maximum absolute atomic E-state index is 12.0. The lowest BCUT2D eigenvalue weighted by Gasteiger charge is -2.21. The molecule has 3 unspecified atom stereocenters. The van der Waals surface area contributed by atoms with Crippen LogP contribution >= 0.6 is 8.69 Å². The number of hydrogen-bond acceptors (Lipinski definition) is 5. The standard InChI is InChI=1S/C11H15N2O5P/c1-7-5-13(11(15)12(2)10(7)14)9-4-3-8(18-9)6-17-19-16/h5,8-9,19H,2-4,6H2,1H3/q+2. The molecular weight excluding hydrogens is 271 g/mol. The Labute approximate surface area is 111 Å². The molecule has 0 bridgehead atoms. The van der Waals surface area contributed by atoms with Crippen LogP contribution in [-0.4, -0.2) is 47.1 Å². The summed E-state index contributed by atoms with van der Waals surface area (Å²) in [4.78, 5) is 24.9. The van der Waals surface area contributed by atoms with Crippen LogP contribution in [0.3, 0.4) is 0 Å². The summed E-state index contributed by atoms with van der Waals surface area (Å²) in [6.07, 6.45) is 2.19. The SMILES string of the molecule is C=[N+]1C(=O)C(C)=CN(C2CCC(CO[PH+]=O)O2)C1=O. The second kappa shape index (κ2) is 5.69. The molecule has 3 atom stereocenters. The second-order valence-corrected chi connectivity index (χ2v) is 4.87. The van der Waals surface area contributed by atoms with Crippen molar-refractivity contribution in [3.05, 3.63) is 11.8 Å². The molecule has 1 fully saturated rings. The smallest absolute Gasteiger partial charge is 0.333 e. The predicted octanol–water partition coefficient (Wildman–Crippen LogP) is 1.03. The van der Waals surface area contributed by atoms with E-state index in [4.69, 9.17) is 9.26 Å². The van der Waals surface area contributed by atoms with Gasteiger partial charge in [0.05, 0.1) is 18.4 Å². The molecule has 102 valence electrons. The Balaban J connectivity index is 2.07. The Hall–Kier alpha value is -1.43. The van der Waals surface area contributed by atoms with Gasteiger partial charge in [-0.3, -0.25) is 0 Å². The van der Waals surface area contributed by atoms with Crippen LogP contribution in [0.5, 0.6) is 0 Å². The van der Waals surface area contributed by atoms with Gasteiger partial charge in [-0.2, -0.15) is 9.69 Å². The minimum atomic E-state index is -0.819. The van der Waals surface area contributed by atoms with E-state index in [-0.39, 0.29) is 12.7 Å². The van der Waals surface area contributed by atoms with E-state index in [1.165, 1.54) is 11.1 Å². The molecule has 19 heavy (non-hydrogen) atoms. The highest BCUT2D eigenvalue weighted by atomic mass is 31.1. The lowest BCUT2D eigenvalue weighted by molar-refractivity contribution is -0.360. The molecule has 3 amide bonds. The van der Waals surface area contributed by atoms with E-state index >= 15 is 0 Å². The molecule has 0 aromatic carbocycles. The molecule has 7 nitrogen and oxygen atoms in total. The van der Waals surface area contributed by atoms with E-state index in [1.807, 2.05) is 0 Å². The molecule has 1 saturated heterocycles. The predicted molar refractivity (Wildman–Crippen MR) is 66.2 cm³/mol. The second-order valence-electron chi connectivity index (χ2n) is 4.42. The van der Waals surface area contributed by atoms with Crippen molar-refractivity contribution in [2.45, 2.75) is 32.1 Å². The van der Waals surface area contributed by atoms with Crippen molar-refractivity contribution in [3.8, 4) is 0 Å². The monoisotopic (exact) mass is 286 g/mol. The number of carbonyl (C=O) groups excluding carboxylic acids is 2. The number of nitrogens with zero attached hydrogens (tertiary/aromatic N) is 2. The fourth-order valence-electron chi connectivity index (χ4n) is 2.11. The van der Waals surface area contributed by atoms with Gasteiger partial charge in [-0.1, -0.05) is 0 Å². The lowest BCUT2D eigenvalue weighted by Crippen LogP contribution is -2.47. The van der Waals surface area contributed by atoms with Crippen LogP contribution in [0.25, 0.3) is 0 Å². The fourth-order valence-corrected chi connectivity index (χ4v) is 2.36. The first kappa shape index (κ1) is 14.0. The van der Waals surface area contributed by atoms with Gasteiger partial charge in [0.15, 0.2) is 0 Å². The van der Waals surface area contributed by atoms with Gasteiger partial charge in [-0.15, -0.1) is 9.10 Å². The van der Waals surface area contributed by atoms with Gasteiger partial charge < -0.3 is 4.74 Å². The number of amides is 3. The third kappa shape index (κ3) is 2.78. The van der Waals surface area contributed by atoms with Gasteiger partial charge >= 0.3 is 20.6 Å². The summed E-state index contributed by atoms with van der Waals surface area (Å²) >= 11 is 0. The van der Waals surface area contributed by atoms with Crippen LogP contribution in [0, 0.1) is 0 Å². The number of rotatable bonds is 4. The zero-order valence-corrected chi connectivity index (χ0v) is 11.5. The maximum atomic E-state index is 12.0. The van der Waals surface area contributed by atoms with E-state index in [2.05, 4.69) is 6.72 Å². The first-order valence-electron chi connectivity index (χ1n) is 5.84. The van der Waals surface area contributed by atoms with Gasteiger partial charge in [0.2, 0.25) is 6.23 Å². The van der Waals surface area contributed by atoms with Gasteiger partial charge in [0.1, 0.15) is 12.8 Å². The van der Waals surface area contributed by atoms with Crippen molar-refractivity contribution in [1.82, 2.24) is 4.90 Å². The first-order valence-corrected chi connectivity index (χ1v) is 6.66. The highest BCUT2D eigenvalue weighted by molar-refractivity contribution is 7.17. The third-order valence-corrected chi connectivity index (χ3v) is 3.38. The molecule has 0 radical (unpaired) electrons. The van der Waals surface area contributed by atoms with Crippen LogP contribution in [0.1, 0.15) is 19.8 Å². The van der Waals surface area contributed by atoms with Gasteiger partial charge in [-0.05, 0) is 17.9 Å². The fraction of sp³-hybridized carbons (Fsp3) is 0.545. The van der Waals surface area contributed by atoms with Crippen molar-refractivity contribution in [1.29, 1.82) is 0 Å². The van der Waals surface area contributed by atoms with Crippen LogP contribution in [0.2, 0.25) is 0 Å². The van der Waals surface area contributed by atoms with Crippen molar-refractivity contribution >= 4 is 27.3 Å². The Morgan fingerprint density at radius 2 is 2.32 bits per heavy atom. The highest BCUT2D eigenvalue weighted by Gasteiger charge is 2.43. The first-order chi connectivity index (χ1) is 9.04. The molecule has 8 heteroatoms. The molecule has 0 spiro atoms. The zero-order valence-electron chi connectivity index (χ0n) is 10.5. The van der Waals surface area contributed by atoms with Crippen LogP contribution in [-0.2, 0) is 18.6 Å². The minimum absolute atomic E-state index is 0.191. The summed E-state index contributed by atoms with van der Waals surface area (Å²) in [6.45, 7) is 5.28. The Kier molecular flexibility index (Phi) is 4.19. The summed E-state index contributed by atoms with van der Waals surface area (Å²) in [5.41, 5.74) is 0.430. The number of hydrogen-bond donors (Lipinski definition) is 0. The molecule has 2 heterocycles. The van der Waals surface area contributed by atoms with E-state index < -0.39 is 26.9 Å². The zero-order chi connectivity index (χ0) is 14.0. The molecule has 0 aromatic rings. The highest BCUT2D eigenvalue weighted by Crippen LogP contribution is 2.26. The number of carbonyl (C=O) groups is 2. The van der Waals surface area contributed by atoms with Gasteiger partial charge in [-0.25, -0.2) is 4.79 Å². The summed E-state index contributed by atoms with van der Waals surface area (Å²) in [7, 11) is -0.819. The summed E-state index contributed by atoms with van der Waals surface area (Å²) in [5.74, 6) is -0.410. The summed E-state index contributed by atoms with van der Waals surface area (Å²) < 4.78 is 21.5. The number of ether oxygens (including phenoxy) is 1. The van der Waals surface area contributed by atoms with Gasteiger partial charge in [0, 0.05) is 6.42 Å². The molecule has 2 aliphatic rings. The van der Waals surface area contributed by atoms with Crippen molar-refractivity contribution in [2.75, 3.05) is 6.61 Å². The van der Waals surface area contributed by atoms with Crippen molar-refractivity contribution < 1.29 is 28.0 Å². The van der Waals surface area contributed by atoms with E-state index in [0.29, 0.717) is 18.4 Å². The van der Waals surface area contributed by atoms with Crippen LogP contribution in [0.4, 0.5) is 4.79 Å². The molecule has 2 rings (SSSR count). The van der Waals surface area contributed by atoms with E-state index in [0.717, 1.165) is 4.58 Å². The molecule has 0 N–H and O–H groups in total. The summed E-state index contributed by atoms with van der Waals surface area (Å²) in [5, 5.41) is 0. The topological polar surface area (TPSA) is 75.9 Å². The van der Waals surface area contributed by atoms with Crippen LogP contribution < -0.4 is 0 Å². The quantitative estimate of drug-likeness (QED) is 0.570. The number of urea groups is 1. The maximum Gasteiger partial charge on any atom is 0.507 e. The Morgan fingerprint density at radius 1 is 1.58 bits per heavy atom. The average molecular weight is 286 g/mol. The normalized spacial score (nSPS) is 28.2. The Bertz CT molecular complexity index is 476. The molecule has 0 saturated carbocycles. The van der Waals surface area contributed by atoms with Crippen molar-refractivity contribution in [2.24, 2.45) is 0 Å². The third-order valence-electron chi connectivity index (χ3n) is 3.09. The lowest BCUT2D eigenvalue weighted by atomic mass is 10.2. The molecule has 0 aliphatic carbocycles. The van der Waals surface area contributed by atoms with E-state index in [1.54, 1.807) is 6.92 Å². The average Bonchev–Trinajstić information content (AvgIpc) is 2.86.